The number of unbranched alkanes of at least 4 members (excludes halogenated alkanes) is 1. The maximum atomic E-state index is 12.5. The van der Waals surface area contributed by atoms with Gasteiger partial charge in [-0.05, 0) is 87.4 Å². The zero-order chi connectivity index (χ0) is 29.1. The van der Waals surface area contributed by atoms with Crippen LogP contribution in [-0.2, 0) is 16.6 Å². The summed E-state index contributed by atoms with van der Waals surface area (Å²) in [6.45, 7) is 5.40. The lowest BCUT2D eigenvalue weighted by molar-refractivity contribution is -0.134. The molecule has 1 N–H and O–H groups in total. The molecule has 3 aromatic rings. The minimum Gasteiger partial charge on any atom is -0.490 e. The highest BCUT2D eigenvalue weighted by molar-refractivity contribution is 9.10. The van der Waals surface area contributed by atoms with Gasteiger partial charge in [-0.2, -0.15) is 5.10 Å². The monoisotopic (exact) mass is 635 g/mol. The molecule has 3 fully saturated rings. The number of nitrogens with zero attached hydrogens (tertiary/aromatic N) is 4. The number of carbonyl (C=O) groups excluding carboxylic acids is 2. The third-order valence-corrected chi connectivity index (χ3v) is 9.89. The summed E-state index contributed by atoms with van der Waals surface area (Å²) in [5, 5.41) is 8.16. The van der Waals surface area contributed by atoms with Gasteiger partial charge in [0.25, 0.3) is 0 Å². The zero-order valence-corrected chi connectivity index (χ0v) is 26.2. The Kier molecular flexibility index (Phi) is 9.14. The Morgan fingerprint density at radius 3 is 2.55 bits per heavy atom. The number of hydrogen-bond donors (Lipinski definition) is 1. The lowest BCUT2D eigenvalue weighted by atomic mass is 9.84. The summed E-state index contributed by atoms with van der Waals surface area (Å²) >= 11 is 3.53. The van der Waals surface area contributed by atoms with Crippen molar-refractivity contribution in [3.63, 3.8) is 0 Å². The molecular formula is C33H42BrN5O3. The van der Waals surface area contributed by atoms with Gasteiger partial charge in [0.2, 0.25) is 11.8 Å². The Bertz CT molecular complexity index is 1410. The largest absolute Gasteiger partial charge is 0.490 e. The number of benzene rings is 2. The van der Waals surface area contributed by atoms with E-state index in [4.69, 9.17) is 9.84 Å². The molecule has 0 radical (unpaired) electrons. The van der Waals surface area contributed by atoms with Gasteiger partial charge in [0.1, 0.15) is 5.75 Å². The van der Waals surface area contributed by atoms with Crippen molar-refractivity contribution in [3.05, 3.63) is 52.6 Å². The van der Waals surface area contributed by atoms with E-state index in [2.05, 4.69) is 61.4 Å². The van der Waals surface area contributed by atoms with Crippen LogP contribution in [0.4, 0.5) is 5.69 Å². The van der Waals surface area contributed by atoms with Crippen molar-refractivity contribution < 1.29 is 14.3 Å². The van der Waals surface area contributed by atoms with Gasteiger partial charge in [0.15, 0.2) is 0 Å². The van der Waals surface area contributed by atoms with Gasteiger partial charge in [-0.25, -0.2) is 0 Å². The Hall–Kier alpha value is -2.91. The first-order chi connectivity index (χ1) is 20.4. The lowest BCUT2D eigenvalue weighted by Gasteiger charge is -2.36. The van der Waals surface area contributed by atoms with Gasteiger partial charge in [-0.3, -0.25) is 24.5 Å². The summed E-state index contributed by atoms with van der Waals surface area (Å²) in [6.07, 6.45) is 10.1. The highest BCUT2D eigenvalue weighted by Gasteiger charge is 2.32. The summed E-state index contributed by atoms with van der Waals surface area (Å²) in [5.41, 5.74) is 3.01. The van der Waals surface area contributed by atoms with Crippen molar-refractivity contribution >= 4 is 44.3 Å². The molecule has 224 valence electrons. The molecule has 1 atom stereocenters. The van der Waals surface area contributed by atoms with Crippen molar-refractivity contribution in [2.24, 2.45) is 13.0 Å². The molecular weight excluding hydrogens is 594 g/mol. The van der Waals surface area contributed by atoms with Crippen LogP contribution in [-0.4, -0.2) is 65.3 Å². The topological polar surface area (TPSA) is 79.7 Å². The zero-order valence-electron chi connectivity index (χ0n) is 24.6. The number of aryl methyl sites for hydroxylation is 1. The van der Waals surface area contributed by atoms with E-state index < -0.39 is 0 Å². The van der Waals surface area contributed by atoms with Crippen LogP contribution in [0.5, 0.6) is 5.75 Å². The maximum absolute atomic E-state index is 12.5. The number of fused-ring (bicyclic) bond motifs is 1. The molecule has 1 saturated carbocycles. The Morgan fingerprint density at radius 2 is 1.79 bits per heavy atom. The first-order valence-corrected chi connectivity index (χ1v) is 16.4. The summed E-state index contributed by atoms with van der Waals surface area (Å²) in [7, 11) is 1.93. The molecule has 0 bridgehead atoms. The third-order valence-electron chi connectivity index (χ3n) is 9.40. The van der Waals surface area contributed by atoms with E-state index in [1.54, 1.807) is 0 Å². The van der Waals surface area contributed by atoms with Crippen molar-refractivity contribution in [1.82, 2.24) is 20.0 Å². The van der Waals surface area contributed by atoms with E-state index in [9.17, 15) is 9.59 Å². The van der Waals surface area contributed by atoms with Crippen molar-refractivity contribution in [3.8, 4) is 5.75 Å². The minimum absolute atomic E-state index is 0.195. The quantitative estimate of drug-likeness (QED) is 0.237. The number of imide groups is 1. The number of nitrogens with one attached hydrogen (secondary N) is 1. The van der Waals surface area contributed by atoms with Crippen LogP contribution < -0.4 is 15.0 Å². The van der Waals surface area contributed by atoms with Gasteiger partial charge in [0.05, 0.1) is 23.2 Å². The molecule has 3 heterocycles. The number of halogens is 1. The van der Waals surface area contributed by atoms with Gasteiger partial charge >= 0.3 is 0 Å². The normalized spacial score (nSPS) is 23.8. The highest BCUT2D eigenvalue weighted by atomic mass is 79.9. The minimum atomic E-state index is -0.368. The number of amides is 2. The van der Waals surface area contributed by atoms with Gasteiger partial charge in [0, 0.05) is 55.2 Å². The predicted octanol–water partition coefficient (Wildman–Crippen LogP) is 5.79. The summed E-state index contributed by atoms with van der Waals surface area (Å²) in [4.78, 5) is 29.1. The molecule has 2 aromatic carbocycles. The van der Waals surface area contributed by atoms with Gasteiger partial charge < -0.3 is 9.64 Å². The smallest absolute Gasteiger partial charge is 0.235 e. The average Bonchev–Trinajstić information content (AvgIpc) is 3.32. The van der Waals surface area contributed by atoms with Gasteiger partial charge in [-0.15, -0.1) is 0 Å². The molecule has 0 spiro atoms. The van der Waals surface area contributed by atoms with E-state index >= 15 is 0 Å². The molecule has 1 aromatic heterocycles. The second kappa shape index (κ2) is 13.2. The van der Waals surface area contributed by atoms with Crippen LogP contribution in [0.3, 0.4) is 0 Å². The summed E-state index contributed by atoms with van der Waals surface area (Å²) < 4.78 is 9.16. The first-order valence-electron chi connectivity index (χ1n) is 15.6. The van der Waals surface area contributed by atoms with Crippen molar-refractivity contribution in [1.29, 1.82) is 0 Å². The van der Waals surface area contributed by atoms with Crippen LogP contribution >= 0.6 is 15.9 Å². The Morgan fingerprint density at radius 1 is 0.976 bits per heavy atom. The molecule has 8 nitrogen and oxygen atoms in total. The number of anilines is 1. The summed E-state index contributed by atoms with van der Waals surface area (Å²) in [6, 6.07) is 14.6. The fourth-order valence-corrected chi connectivity index (χ4v) is 7.33. The SMILES string of the molecule is Cn1nc(C2CCC(=O)NC2=O)c2ccc(N3CCN(CCCC[C@H]4CC[C@H](Oc5cccc(Br)c5)CC4)CC3)cc21. The predicted molar refractivity (Wildman–Crippen MR) is 169 cm³/mol. The Labute approximate surface area is 256 Å². The average molecular weight is 637 g/mol. The second-order valence-electron chi connectivity index (χ2n) is 12.3. The number of piperidine rings is 1. The van der Waals surface area contributed by atoms with E-state index in [0.29, 0.717) is 18.9 Å². The van der Waals surface area contributed by atoms with Crippen LogP contribution in [0, 0.1) is 5.92 Å². The first kappa shape index (κ1) is 29.2. The molecule has 1 aliphatic carbocycles. The number of ether oxygens (including phenoxy) is 1. The molecule has 6 rings (SSSR count). The van der Waals surface area contributed by atoms with Crippen LogP contribution in [0.15, 0.2) is 46.9 Å². The molecule has 2 amide bonds. The number of hydrogen-bond acceptors (Lipinski definition) is 6. The molecule has 2 saturated heterocycles. The fraction of sp³-hybridized carbons (Fsp3) is 0.545. The van der Waals surface area contributed by atoms with E-state index in [0.717, 1.165) is 58.9 Å². The van der Waals surface area contributed by atoms with Crippen molar-refractivity contribution in [2.75, 3.05) is 37.6 Å². The summed E-state index contributed by atoms with van der Waals surface area (Å²) in [5.74, 6) is 1.03. The lowest BCUT2D eigenvalue weighted by Crippen LogP contribution is -2.46. The number of carbonyl (C=O) groups is 2. The number of rotatable bonds is 9. The highest BCUT2D eigenvalue weighted by Crippen LogP contribution is 2.33. The molecule has 3 aliphatic rings. The van der Waals surface area contributed by atoms with E-state index in [-0.39, 0.29) is 17.7 Å². The molecule has 2 aliphatic heterocycles. The standard InChI is InChI=1S/C33H42BrN5O3/c1-37-30-22-25(10-13-28(30)32(36-37)29-14-15-31(40)35-33(29)41)39-19-17-38(18-20-39)16-3-2-5-23-8-11-26(12-9-23)42-27-7-4-6-24(34)21-27/h4,6-7,10,13,21-23,26,29H,2-3,5,8-9,11-12,14-20H2,1H3,(H,35,40,41)/t23-,26-,29?. The fourth-order valence-electron chi connectivity index (χ4n) is 6.95. The number of aromatic nitrogens is 2. The van der Waals surface area contributed by atoms with Crippen LogP contribution in [0.1, 0.15) is 69.4 Å². The second-order valence-corrected chi connectivity index (χ2v) is 13.2. The molecule has 42 heavy (non-hydrogen) atoms. The maximum Gasteiger partial charge on any atom is 0.235 e. The molecule has 1 unspecified atom stereocenters. The van der Waals surface area contributed by atoms with E-state index in [1.165, 1.54) is 57.2 Å². The molecule has 9 heteroatoms. The van der Waals surface area contributed by atoms with E-state index in [1.807, 2.05) is 23.9 Å². The van der Waals surface area contributed by atoms with Crippen molar-refractivity contribution in [2.45, 2.75) is 69.8 Å². The van der Waals surface area contributed by atoms with Crippen LogP contribution in [0.25, 0.3) is 10.9 Å². The van der Waals surface area contributed by atoms with Crippen LogP contribution in [0.2, 0.25) is 0 Å². The number of piperazine rings is 1. The van der Waals surface area contributed by atoms with Gasteiger partial charge in [-0.1, -0.05) is 34.8 Å². The third kappa shape index (κ3) is 6.83. The Balaban J connectivity index is 0.919.